The number of carbonyl (C=O) groups excluding carboxylic acids is 2. The SMILES string of the molecule is CC/C=C/C=C/C=C/C=C/C=C/C=C/C=C/CCCCCC(=O)OCC(COCCC(C(=O)O)[N+](C)(C)C)OC(=O)CCCCCCCCCCCCCCC/C=C/C/C=C/C/C=C/CC. The Morgan fingerprint density at radius 2 is 0.879 bits per heavy atom. The topological polar surface area (TPSA) is 99.1 Å². The third kappa shape index (κ3) is 44.9. The number of hydrogen-bond donors (Lipinski definition) is 1. The second-order valence-corrected chi connectivity index (χ2v) is 17.8. The van der Waals surface area contributed by atoms with Crippen LogP contribution in [0.3, 0.4) is 0 Å². The molecule has 8 heteroatoms. The van der Waals surface area contributed by atoms with Crippen molar-refractivity contribution in [1.29, 1.82) is 0 Å². The van der Waals surface area contributed by atoms with Gasteiger partial charge in [0.1, 0.15) is 6.61 Å². The van der Waals surface area contributed by atoms with E-state index in [1.807, 2.05) is 94.1 Å². The number of ether oxygens (including phenoxy) is 3. The minimum atomic E-state index is -0.886. The summed E-state index contributed by atoms with van der Waals surface area (Å²) in [6, 6.07) is -0.630. The van der Waals surface area contributed by atoms with Crippen molar-refractivity contribution < 1.29 is 38.2 Å². The monoisotopic (exact) mass is 917 g/mol. The standard InChI is InChI=1S/C58H93NO7/c1-6-8-10-12-14-16-18-20-22-24-26-27-28-29-31-33-35-37-39-41-43-45-47-49-57(61)66-54(52-64-51-50-55(58(62)63)59(3,4)5)53-65-56(60)48-46-44-42-40-38-36-34-32-30-25-23-21-19-17-15-13-11-9-7-2/h8-11,13-17,19-23,25,30,32,34,36,38,54-55H,6-7,12,18,24,26-29,31,33,35,37,39-53H2,1-5H3/p+1/b10-8+,11-9+,15-13+,16-14+,19-17+,22-20+,23-21+,30-25+,34-32+,38-36+. The maximum atomic E-state index is 12.8. The quantitative estimate of drug-likeness (QED) is 0.0214. The molecule has 0 aliphatic heterocycles. The number of hydrogen-bond acceptors (Lipinski definition) is 6. The van der Waals surface area contributed by atoms with Gasteiger partial charge in [-0.2, -0.15) is 0 Å². The summed E-state index contributed by atoms with van der Waals surface area (Å²) in [6.07, 6.45) is 66.8. The summed E-state index contributed by atoms with van der Waals surface area (Å²) in [5, 5.41) is 9.66. The van der Waals surface area contributed by atoms with Crippen LogP contribution in [0.4, 0.5) is 0 Å². The highest BCUT2D eigenvalue weighted by molar-refractivity contribution is 5.72. The molecule has 1 N–H and O–H groups in total. The maximum Gasteiger partial charge on any atom is 0.362 e. The van der Waals surface area contributed by atoms with Gasteiger partial charge in [-0.3, -0.25) is 9.59 Å². The van der Waals surface area contributed by atoms with Crippen LogP contribution in [0.25, 0.3) is 0 Å². The van der Waals surface area contributed by atoms with E-state index in [2.05, 4.69) is 62.5 Å². The van der Waals surface area contributed by atoms with Gasteiger partial charge in [0.15, 0.2) is 12.1 Å². The van der Waals surface area contributed by atoms with Crippen LogP contribution in [0.2, 0.25) is 0 Å². The smallest absolute Gasteiger partial charge is 0.362 e. The Balaban J connectivity index is 4.34. The van der Waals surface area contributed by atoms with Crippen molar-refractivity contribution in [1.82, 2.24) is 0 Å². The third-order valence-electron chi connectivity index (χ3n) is 10.8. The van der Waals surface area contributed by atoms with Crippen molar-refractivity contribution in [3.63, 3.8) is 0 Å². The molecule has 372 valence electrons. The number of allylic oxidation sites excluding steroid dienone is 20. The highest BCUT2D eigenvalue weighted by Gasteiger charge is 2.31. The molecule has 0 heterocycles. The van der Waals surface area contributed by atoms with E-state index < -0.39 is 18.1 Å². The lowest BCUT2D eigenvalue weighted by atomic mass is 10.0. The van der Waals surface area contributed by atoms with E-state index in [1.165, 1.54) is 70.6 Å². The summed E-state index contributed by atoms with van der Waals surface area (Å²) in [7, 11) is 5.51. The van der Waals surface area contributed by atoms with Crippen LogP contribution in [-0.4, -0.2) is 80.6 Å². The van der Waals surface area contributed by atoms with Gasteiger partial charge >= 0.3 is 17.9 Å². The summed E-state index contributed by atoms with van der Waals surface area (Å²) < 4.78 is 17.3. The molecule has 0 aliphatic rings. The van der Waals surface area contributed by atoms with Gasteiger partial charge in [0.05, 0.1) is 34.4 Å². The van der Waals surface area contributed by atoms with Crippen LogP contribution in [0, 0.1) is 0 Å². The Hall–Kier alpha value is -4.27. The van der Waals surface area contributed by atoms with Crippen LogP contribution in [0.1, 0.15) is 174 Å². The zero-order valence-corrected chi connectivity index (χ0v) is 42.3. The molecule has 0 rings (SSSR count). The van der Waals surface area contributed by atoms with E-state index >= 15 is 0 Å². The first-order valence-corrected chi connectivity index (χ1v) is 25.7. The van der Waals surface area contributed by atoms with E-state index in [0.29, 0.717) is 19.3 Å². The molecule has 2 atom stereocenters. The molecule has 8 nitrogen and oxygen atoms in total. The number of esters is 2. The number of nitrogens with zero attached hydrogens (tertiary/aromatic N) is 1. The molecule has 0 radical (unpaired) electrons. The Bertz CT molecular complexity index is 1490. The largest absolute Gasteiger partial charge is 0.477 e. The highest BCUT2D eigenvalue weighted by atomic mass is 16.6. The van der Waals surface area contributed by atoms with Crippen LogP contribution < -0.4 is 0 Å². The van der Waals surface area contributed by atoms with Crippen molar-refractivity contribution in [2.75, 3.05) is 41.0 Å². The number of carboxylic acids is 1. The average Bonchev–Trinajstić information content (AvgIpc) is 3.28. The van der Waals surface area contributed by atoms with Gasteiger partial charge in [0.25, 0.3) is 0 Å². The second kappa shape index (κ2) is 47.2. The predicted molar refractivity (Wildman–Crippen MR) is 279 cm³/mol. The Morgan fingerprint density at radius 1 is 0.470 bits per heavy atom. The fourth-order valence-corrected chi connectivity index (χ4v) is 6.91. The van der Waals surface area contributed by atoms with Gasteiger partial charge in [0.2, 0.25) is 0 Å². The highest BCUT2D eigenvalue weighted by Crippen LogP contribution is 2.15. The number of carbonyl (C=O) groups is 3. The van der Waals surface area contributed by atoms with Crippen molar-refractivity contribution in [3.8, 4) is 0 Å². The van der Waals surface area contributed by atoms with Gasteiger partial charge in [-0.1, -0.05) is 212 Å². The summed E-state index contributed by atoms with van der Waals surface area (Å²) in [5.41, 5.74) is 0. The molecule has 0 fully saturated rings. The van der Waals surface area contributed by atoms with Crippen LogP contribution in [0.5, 0.6) is 0 Å². The molecule has 0 saturated carbocycles. The van der Waals surface area contributed by atoms with Gasteiger partial charge < -0.3 is 23.8 Å². The Labute approximate surface area is 403 Å². The minimum Gasteiger partial charge on any atom is -0.477 e. The summed E-state index contributed by atoms with van der Waals surface area (Å²) in [4.78, 5) is 37.2. The summed E-state index contributed by atoms with van der Waals surface area (Å²) in [6.45, 7) is 4.42. The lowest BCUT2D eigenvalue weighted by Crippen LogP contribution is -2.50. The van der Waals surface area contributed by atoms with Crippen LogP contribution >= 0.6 is 0 Å². The Kier molecular flexibility index (Phi) is 44.2. The molecule has 2 unspecified atom stereocenters. The first kappa shape index (κ1) is 61.7. The molecular formula is C58H94NO7+. The number of rotatable bonds is 44. The second-order valence-electron chi connectivity index (χ2n) is 17.8. The van der Waals surface area contributed by atoms with Crippen molar-refractivity contribution >= 4 is 17.9 Å². The van der Waals surface area contributed by atoms with E-state index in [0.717, 1.165) is 70.6 Å². The molecule has 0 aliphatic carbocycles. The zero-order chi connectivity index (χ0) is 48.4. The predicted octanol–water partition coefficient (Wildman–Crippen LogP) is 15.0. The first-order valence-electron chi connectivity index (χ1n) is 25.7. The molecule has 0 saturated heterocycles. The Morgan fingerprint density at radius 3 is 1.38 bits per heavy atom. The average molecular weight is 917 g/mol. The van der Waals surface area contributed by atoms with Crippen molar-refractivity contribution in [2.24, 2.45) is 0 Å². The minimum absolute atomic E-state index is 0.0378. The van der Waals surface area contributed by atoms with Gasteiger partial charge in [-0.15, -0.1) is 0 Å². The number of carboxylic acid groups (broad SMARTS) is 1. The van der Waals surface area contributed by atoms with Gasteiger partial charge in [-0.05, 0) is 64.2 Å². The molecule has 0 aromatic rings. The number of unbranched alkanes of at least 4 members (excludes halogenated alkanes) is 16. The molecule has 0 aromatic heterocycles. The summed E-state index contributed by atoms with van der Waals surface area (Å²) >= 11 is 0. The molecule has 66 heavy (non-hydrogen) atoms. The molecule has 0 aromatic carbocycles. The molecule has 0 bridgehead atoms. The van der Waals surface area contributed by atoms with Crippen LogP contribution in [0.15, 0.2) is 122 Å². The molecule has 0 spiro atoms. The maximum absolute atomic E-state index is 12.8. The third-order valence-corrected chi connectivity index (χ3v) is 10.8. The summed E-state index contributed by atoms with van der Waals surface area (Å²) in [5.74, 6) is -1.54. The fraction of sp³-hybridized carbons (Fsp3) is 0.603. The fourth-order valence-electron chi connectivity index (χ4n) is 6.91. The number of quaternary nitrogens is 1. The van der Waals surface area contributed by atoms with E-state index in [4.69, 9.17) is 14.2 Å². The molecule has 0 amide bonds. The van der Waals surface area contributed by atoms with Crippen LogP contribution in [-0.2, 0) is 28.6 Å². The normalized spacial score (nSPS) is 13.9. The first-order chi connectivity index (χ1) is 32.1. The van der Waals surface area contributed by atoms with E-state index in [-0.39, 0.29) is 36.2 Å². The lowest BCUT2D eigenvalue weighted by Gasteiger charge is -2.31. The molecular weight excluding hydrogens is 823 g/mol. The van der Waals surface area contributed by atoms with Crippen molar-refractivity contribution in [3.05, 3.63) is 122 Å². The zero-order valence-electron chi connectivity index (χ0n) is 42.3. The van der Waals surface area contributed by atoms with Gasteiger partial charge in [-0.25, -0.2) is 4.79 Å². The van der Waals surface area contributed by atoms with Crippen molar-refractivity contribution in [2.45, 2.75) is 187 Å². The van der Waals surface area contributed by atoms with Gasteiger partial charge in [0, 0.05) is 19.3 Å². The number of likely N-dealkylation sites (N-methyl/N-ethyl adjacent to an activating group) is 1. The van der Waals surface area contributed by atoms with E-state index in [9.17, 15) is 19.5 Å². The lowest BCUT2D eigenvalue weighted by molar-refractivity contribution is -0.887. The van der Waals surface area contributed by atoms with E-state index in [1.54, 1.807) is 0 Å². The number of aliphatic carboxylic acids is 1.